The van der Waals surface area contributed by atoms with Gasteiger partial charge in [0.05, 0.1) is 0 Å². The van der Waals surface area contributed by atoms with Crippen LogP contribution in [0, 0.1) is 5.92 Å². The van der Waals surface area contributed by atoms with Crippen molar-refractivity contribution in [3.63, 3.8) is 0 Å². The molecule has 0 saturated carbocycles. The van der Waals surface area contributed by atoms with Crippen molar-refractivity contribution < 1.29 is 0 Å². The maximum Gasteiger partial charge on any atom is 0.129 e. The maximum absolute atomic E-state index is 3.89. The average Bonchev–Trinajstić information content (AvgIpc) is 1.82. The highest BCUT2D eigenvalue weighted by atomic mass is 14.9. The SMILES string of the molecule is C=C/N=C(\N=C)C(C)C. The van der Waals surface area contributed by atoms with Crippen LogP contribution < -0.4 is 0 Å². The second kappa shape index (κ2) is 4.01. The van der Waals surface area contributed by atoms with Crippen LogP contribution in [0.2, 0.25) is 0 Å². The molecule has 0 aromatic rings. The van der Waals surface area contributed by atoms with Crippen molar-refractivity contribution in [1.82, 2.24) is 0 Å². The Hall–Kier alpha value is -0.920. The largest absolute Gasteiger partial charge is 0.249 e. The van der Waals surface area contributed by atoms with E-state index in [0.29, 0.717) is 5.92 Å². The molecular weight excluding hydrogens is 112 g/mol. The molecule has 0 aromatic heterocycles. The molecule has 0 radical (unpaired) electrons. The zero-order chi connectivity index (χ0) is 7.28. The van der Waals surface area contributed by atoms with Crippen LogP contribution in [0.4, 0.5) is 0 Å². The molecular formula is C7H12N2. The predicted octanol–water partition coefficient (Wildman–Crippen LogP) is 1.89. The lowest BCUT2D eigenvalue weighted by Gasteiger charge is -1.99. The smallest absolute Gasteiger partial charge is 0.129 e. The highest BCUT2D eigenvalue weighted by molar-refractivity contribution is 5.88. The molecule has 0 spiro atoms. The van der Waals surface area contributed by atoms with Crippen LogP contribution in [0.25, 0.3) is 0 Å². The summed E-state index contributed by atoms with van der Waals surface area (Å²) in [4.78, 5) is 7.60. The lowest BCUT2D eigenvalue weighted by atomic mass is 10.2. The normalized spacial score (nSPS) is 11.7. The van der Waals surface area contributed by atoms with Crippen molar-refractivity contribution in [1.29, 1.82) is 0 Å². The Bertz CT molecular complexity index is 134. The van der Waals surface area contributed by atoms with E-state index >= 15 is 0 Å². The monoisotopic (exact) mass is 124 g/mol. The lowest BCUT2D eigenvalue weighted by Crippen LogP contribution is -2.01. The van der Waals surface area contributed by atoms with Gasteiger partial charge in [0.25, 0.3) is 0 Å². The second-order valence-electron chi connectivity index (χ2n) is 1.98. The molecule has 0 saturated heterocycles. The third kappa shape index (κ3) is 2.80. The Morgan fingerprint density at radius 2 is 2.11 bits per heavy atom. The van der Waals surface area contributed by atoms with Gasteiger partial charge in [0.15, 0.2) is 0 Å². The molecule has 0 fully saturated rings. The first kappa shape index (κ1) is 8.08. The van der Waals surface area contributed by atoms with Crippen LogP contribution in [0.5, 0.6) is 0 Å². The van der Waals surface area contributed by atoms with Crippen LogP contribution in [-0.4, -0.2) is 12.6 Å². The minimum Gasteiger partial charge on any atom is -0.249 e. The minimum atomic E-state index is 0.334. The van der Waals surface area contributed by atoms with Gasteiger partial charge in [0.1, 0.15) is 5.84 Å². The van der Waals surface area contributed by atoms with Gasteiger partial charge >= 0.3 is 0 Å². The molecule has 0 heterocycles. The minimum absolute atomic E-state index is 0.334. The van der Waals surface area contributed by atoms with Gasteiger partial charge in [-0.3, -0.25) is 0 Å². The van der Waals surface area contributed by atoms with E-state index in [1.165, 1.54) is 6.20 Å². The molecule has 0 aliphatic rings. The van der Waals surface area contributed by atoms with Crippen molar-refractivity contribution in [2.24, 2.45) is 15.9 Å². The fraction of sp³-hybridized carbons (Fsp3) is 0.429. The Labute approximate surface area is 56.0 Å². The first-order valence-electron chi connectivity index (χ1n) is 2.87. The summed E-state index contributed by atoms with van der Waals surface area (Å²) in [7, 11) is 0. The predicted molar refractivity (Wildman–Crippen MR) is 42.0 cm³/mol. The molecule has 0 rings (SSSR count). The first-order chi connectivity index (χ1) is 4.22. The number of aliphatic imine (C=N–C) groups is 2. The third-order valence-corrected chi connectivity index (χ3v) is 0.902. The molecule has 2 nitrogen and oxygen atoms in total. The Kier molecular flexibility index (Phi) is 3.60. The van der Waals surface area contributed by atoms with Crippen LogP contribution in [0.3, 0.4) is 0 Å². The highest BCUT2D eigenvalue weighted by Crippen LogP contribution is 1.97. The van der Waals surface area contributed by atoms with Gasteiger partial charge in [-0.1, -0.05) is 20.4 Å². The average molecular weight is 124 g/mol. The van der Waals surface area contributed by atoms with Crippen molar-refractivity contribution >= 4 is 12.6 Å². The first-order valence-corrected chi connectivity index (χ1v) is 2.87. The molecule has 0 N–H and O–H groups in total. The van der Waals surface area contributed by atoms with Crippen molar-refractivity contribution in [2.45, 2.75) is 13.8 Å². The summed E-state index contributed by atoms with van der Waals surface area (Å²) in [6, 6.07) is 0. The number of hydrogen-bond acceptors (Lipinski definition) is 1. The van der Waals surface area contributed by atoms with Gasteiger partial charge in [-0.15, -0.1) is 0 Å². The van der Waals surface area contributed by atoms with E-state index in [2.05, 4.69) is 23.3 Å². The van der Waals surface area contributed by atoms with Crippen molar-refractivity contribution in [3.05, 3.63) is 12.8 Å². The second-order valence-corrected chi connectivity index (χ2v) is 1.98. The molecule has 2 heteroatoms. The molecule has 0 amide bonds. The van der Waals surface area contributed by atoms with E-state index in [0.717, 1.165) is 5.84 Å². The fourth-order valence-electron chi connectivity index (χ4n) is 0.466. The molecule has 0 atom stereocenters. The number of rotatable bonds is 2. The Morgan fingerprint density at radius 1 is 1.56 bits per heavy atom. The molecule has 0 aliphatic carbocycles. The van der Waals surface area contributed by atoms with Crippen molar-refractivity contribution in [2.75, 3.05) is 0 Å². The van der Waals surface area contributed by atoms with Gasteiger partial charge in [-0.05, 0) is 6.72 Å². The van der Waals surface area contributed by atoms with Crippen LogP contribution in [-0.2, 0) is 0 Å². The van der Waals surface area contributed by atoms with E-state index in [1.807, 2.05) is 13.8 Å². The van der Waals surface area contributed by atoms with Crippen molar-refractivity contribution in [3.8, 4) is 0 Å². The van der Waals surface area contributed by atoms with E-state index in [9.17, 15) is 0 Å². The summed E-state index contributed by atoms with van der Waals surface area (Å²) in [5.74, 6) is 1.07. The third-order valence-electron chi connectivity index (χ3n) is 0.902. The standard InChI is InChI=1S/C7H12N2/c1-5-9-7(8-4)6(2)3/h5-6H,1,4H2,2-3H3/b9-7-. The zero-order valence-corrected chi connectivity index (χ0v) is 5.96. The Balaban J connectivity index is 4.13. The highest BCUT2D eigenvalue weighted by Gasteiger charge is 1.98. The van der Waals surface area contributed by atoms with Gasteiger partial charge < -0.3 is 0 Å². The summed E-state index contributed by atoms with van der Waals surface area (Å²) in [6.07, 6.45) is 1.48. The Morgan fingerprint density at radius 3 is 2.22 bits per heavy atom. The fourth-order valence-corrected chi connectivity index (χ4v) is 0.466. The summed E-state index contributed by atoms with van der Waals surface area (Å²) in [5, 5.41) is 0. The summed E-state index contributed by atoms with van der Waals surface area (Å²) < 4.78 is 0. The summed E-state index contributed by atoms with van der Waals surface area (Å²) >= 11 is 0. The topological polar surface area (TPSA) is 24.7 Å². The maximum atomic E-state index is 3.89. The van der Waals surface area contributed by atoms with Crippen LogP contribution >= 0.6 is 0 Å². The van der Waals surface area contributed by atoms with E-state index in [4.69, 9.17) is 0 Å². The van der Waals surface area contributed by atoms with Gasteiger partial charge in [0.2, 0.25) is 0 Å². The van der Waals surface area contributed by atoms with E-state index < -0.39 is 0 Å². The van der Waals surface area contributed by atoms with E-state index in [-0.39, 0.29) is 0 Å². The van der Waals surface area contributed by atoms with Crippen LogP contribution in [0.15, 0.2) is 22.8 Å². The van der Waals surface area contributed by atoms with Gasteiger partial charge in [-0.2, -0.15) is 0 Å². The summed E-state index contributed by atoms with van der Waals surface area (Å²) in [5.41, 5.74) is 0. The molecule has 0 aliphatic heterocycles. The molecule has 0 aromatic carbocycles. The quantitative estimate of drug-likeness (QED) is 0.396. The lowest BCUT2D eigenvalue weighted by molar-refractivity contribution is 0.874. The number of nitrogens with zero attached hydrogens (tertiary/aromatic N) is 2. The van der Waals surface area contributed by atoms with Gasteiger partial charge in [0, 0.05) is 12.1 Å². The van der Waals surface area contributed by atoms with E-state index in [1.54, 1.807) is 0 Å². The summed E-state index contributed by atoms with van der Waals surface area (Å²) in [6.45, 7) is 10.8. The molecule has 0 unspecified atom stereocenters. The van der Waals surface area contributed by atoms with Crippen LogP contribution in [0.1, 0.15) is 13.8 Å². The molecule has 50 valence electrons. The molecule has 9 heavy (non-hydrogen) atoms. The number of hydrogen-bond donors (Lipinski definition) is 0. The van der Waals surface area contributed by atoms with Gasteiger partial charge in [-0.25, -0.2) is 9.98 Å². The molecule has 0 bridgehead atoms. The number of amidine groups is 1. The zero-order valence-electron chi connectivity index (χ0n) is 5.96.